The van der Waals surface area contributed by atoms with Crippen LogP contribution in [0.1, 0.15) is 39.6 Å². The fourth-order valence-corrected chi connectivity index (χ4v) is 2.08. The normalized spacial score (nSPS) is 27.7. The molecule has 6 heteroatoms. The van der Waals surface area contributed by atoms with Gasteiger partial charge in [-0.25, -0.2) is 0 Å². The first kappa shape index (κ1) is 11.7. The van der Waals surface area contributed by atoms with Crippen LogP contribution in [0.25, 0.3) is 0 Å². The SMILES string of the molecule is CC1(C)Oc2oc([C@@H]3COC(C)(C)O3)c(O)c2O1. The predicted molar refractivity (Wildman–Crippen MR) is 59.6 cm³/mol. The summed E-state index contributed by atoms with van der Waals surface area (Å²) in [7, 11) is 0. The number of furan rings is 1. The third-order valence-corrected chi connectivity index (χ3v) is 2.82. The summed E-state index contributed by atoms with van der Waals surface area (Å²) in [5.41, 5.74) is 0. The van der Waals surface area contributed by atoms with E-state index < -0.39 is 17.7 Å². The fraction of sp³-hybridized carbons (Fsp3) is 0.667. The molecule has 0 aromatic carbocycles. The first-order valence-corrected chi connectivity index (χ1v) is 5.83. The topological polar surface area (TPSA) is 70.3 Å². The molecule has 0 radical (unpaired) electrons. The van der Waals surface area contributed by atoms with E-state index in [-0.39, 0.29) is 23.2 Å². The summed E-state index contributed by atoms with van der Waals surface area (Å²) >= 11 is 0. The molecule has 0 amide bonds. The van der Waals surface area contributed by atoms with E-state index in [4.69, 9.17) is 23.4 Å². The Hall–Kier alpha value is -1.40. The summed E-state index contributed by atoms with van der Waals surface area (Å²) in [6.07, 6.45) is -0.457. The molecule has 1 aromatic heterocycles. The van der Waals surface area contributed by atoms with Crippen molar-refractivity contribution in [3.05, 3.63) is 5.76 Å². The summed E-state index contributed by atoms with van der Waals surface area (Å²) in [6.45, 7) is 7.39. The van der Waals surface area contributed by atoms with Crippen LogP contribution in [-0.2, 0) is 9.47 Å². The lowest BCUT2D eigenvalue weighted by Crippen LogP contribution is -2.30. The Morgan fingerprint density at radius 3 is 2.39 bits per heavy atom. The highest BCUT2D eigenvalue weighted by Crippen LogP contribution is 2.53. The highest BCUT2D eigenvalue weighted by molar-refractivity contribution is 5.51. The largest absolute Gasteiger partial charge is 0.502 e. The van der Waals surface area contributed by atoms with E-state index in [0.717, 1.165) is 0 Å². The summed E-state index contributed by atoms with van der Waals surface area (Å²) in [5.74, 6) is -0.904. The second-order valence-corrected chi connectivity index (χ2v) is 5.35. The van der Waals surface area contributed by atoms with Gasteiger partial charge in [0.2, 0.25) is 11.5 Å². The minimum Gasteiger partial charge on any atom is -0.502 e. The number of hydrogen-bond donors (Lipinski definition) is 1. The molecule has 1 aromatic rings. The van der Waals surface area contributed by atoms with E-state index in [1.54, 1.807) is 27.7 Å². The Balaban J connectivity index is 1.89. The van der Waals surface area contributed by atoms with Crippen molar-refractivity contribution in [3.8, 4) is 17.4 Å². The van der Waals surface area contributed by atoms with Gasteiger partial charge in [-0.2, -0.15) is 0 Å². The molecular weight excluding hydrogens is 240 g/mol. The van der Waals surface area contributed by atoms with Crippen molar-refractivity contribution in [1.29, 1.82) is 0 Å². The van der Waals surface area contributed by atoms with Crippen LogP contribution in [0.3, 0.4) is 0 Å². The lowest BCUT2D eigenvalue weighted by Gasteiger charge is -2.18. The molecular formula is C12H16O6. The summed E-state index contributed by atoms with van der Waals surface area (Å²) in [5, 5.41) is 10.1. The van der Waals surface area contributed by atoms with Gasteiger partial charge in [0.15, 0.2) is 11.5 Å². The maximum absolute atomic E-state index is 10.1. The number of fused-ring (bicyclic) bond motifs is 1. The fourth-order valence-electron chi connectivity index (χ4n) is 2.08. The van der Waals surface area contributed by atoms with Gasteiger partial charge in [0.25, 0.3) is 5.75 Å². The number of hydrogen-bond acceptors (Lipinski definition) is 6. The van der Waals surface area contributed by atoms with Crippen LogP contribution in [0.4, 0.5) is 0 Å². The average molecular weight is 256 g/mol. The van der Waals surface area contributed by atoms with E-state index in [2.05, 4.69) is 0 Å². The van der Waals surface area contributed by atoms with Crippen LogP contribution in [-0.4, -0.2) is 23.3 Å². The van der Waals surface area contributed by atoms with Gasteiger partial charge in [0, 0.05) is 13.8 Å². The van der Waals surface area contributed by atoms with Crippen molar-refractivity contribution < 1.29 is 28.5 Å². The highest BCUT2D eigenvalue weighted by Gasteiger charge is 2.44. The van der Waals surface area contributed by atoms with Crippen molar-refractivity contribution >= 4 is 0 Å². The van der Waals surface area contributed by atoms with E-state index in [0.29, 0.717) is 6.61 Å². The molecule has 18 heavy (non-hydrogen) atoms. The predicted octanol–water partition coefficient (Wildman–Crippen LogP) is 2.32. The average Bonchev–Trinajstić information content (AvgIpc) is 2.81. The molecule has 0 unspecified atom stereocenters. The zero-order chi connectivity index (χ0) is 13.1. The van der Waals surface area contributed by atoms with E-state index in [9.17, 15) is 5.11 Å². The van der Waals surface area contributed by atoms with Crippen molar-refractivity contribution in [3.63, 3.8) is 0 Å². The zero-order valence-electron chi connectivity index (χ0n) is 10.8. The summed E-state index contributed by atoms with van der Waals surface area (Å²) in [6, 6.07) is 0. The number of ether oxygens (including phenoxy) is 4. The summed E-state index contributed by atoms with van der Waals surface area (Å²) < 4.78 is 27.4. The molecule has 0 saturated carbocycles. The molecule has 1 N–H and O–H groups in total. The van der Waals surface area contributed by atoms with Crippen LogP contribution in [0.15, 0.2) is 4.42 Å². The Bertz CT molecular complexity index is 487. The maximum atomic E-state index is 10.1. The van der Waals surface area contributed by atoms with Gasteiger partial charge in [-0.05, 0) is 13.8 Å². The zero-order valence-corrected chi connectivity index (χ0v) is 10.8. The van der Waals surface area contributed by atoms with Crippen LogP contribution in [0, 0.1) is 0 Å². The number of aromatic hydroxyl groups is 1. The van der Waals surface area contributed by atoms with Crippen molar-refractivity contribution in [2.75, 3.05) is 6.61 Å². The minimum absolute atomic E-state index is 0.0816. The van der Waals surface area contributed by atoms with Crippen LogP contribution >= 0.6 is 0 Å². The molecule has 3 heterocycles. The van der Waals surface area contributed by atoms with Crippen LogP contribution < -0.4 is 9.47 Å². The first-order valence-electron chi connectivity index (χ1n) is 5.83. The van der Waals surface area contributed by atoms with Crippen molar-refractivity contribution in [1.82, 2.24) is 0 Å². The number of rotatable bonds is 1. The monoisotopic (exact) mass is 256 g/mol. The second-order valence-electron chi connectivity index (χ2n) is 5.35. The maximum Gasteiger partial charge on any atom is 0.336 e. The van der Waals surface area contributed by atoms with E-state index in [1.165, 1.54) is 0 Å². The molecule has 100 valence electrons. The second kappa shape index (κ2) is 3.33. The third-order valence-electron chi connectivity index (χ3n) is 2.82. The van der Waals surface area contributed by atoms with E-state index >= 15 is 0 Å². The first-order chi connectivity index (χ1) is 8.27. The lowest BCUT2D eigenvalue weighted by molar-refractivity contribution is -0.141. The van der Waals surface area contributed by atoms with E-state index in [1.807, 2.05) is 0 Å². The van der Waals surface area contributed by atoms with Crippen LogP contribution in [0.5, 0.6) is 17.4 Å². The quantitative estimate of drug-likeness (QED) is 0.831. The van der Waals surface area contributed by atoms with Gasteiger partial charge in [0.05, 0.1) is 6.61 Å². The molecule has 1 atom stereocenters. The Morgan fingerprint density at radius 1 is 1.11 bits per heavy atom. The lowest BCUT2D eigenvalue weighted by atomic mass is 10.2. The molecule has 0 spiro atoms. The molecule has 0 aliphatic carbocycles. The standard InChI is InChI=1S/C12H16O6/c1-11(2)14-5-6(16-11)8-7(13)9-10(15-8)18-12(3,4)17-9/h6,13H,5H2,1-4H3/t6-/m0/s1. The molecule has 2 aliphatic heterocycles. The minimum atomic E-state index is -0.823. The Kier molecular flexibility index (Phi) is 2.16. The van der Waals surface area contributed by atoms with Crippen molar-refractivity contribution in [2.24, 2.45) is 0 Å². The van der Waals surface area contributed by atoms with Gasteiger partial charge < -0.3 is 28.5 Å². The molecule has 0 bridgehead atoms. The molecule has 3 rings (SSSR count). The molecule has 2 aliphatic rings. The highest BCUT2D eigenvalue weighted by atomic mass is 16.8. The van der Waals surface area contributed by atoms with Gasteiger partial charge in [-0.1, -0.05) is 0 Å². The van der Waals surface area contributed by atoms with Gasteiger partial charge in [-0.15, -0.1) is 0 Å². The van der Waals surface area contributed by atoms with Crippen molar-refractivity contribution in [2.45, 2.75) is 45.4 Å². The van der Waals surface area contributed by atoms with Crippen LogP contribution in [0.2, 0.25) is 0 Å². The van der Waals surface area contributed by atoms with Gasteiger partial charge >= 0.3 is 5.95 Å². The Morgan fingerprint density at radius 2 is 1.83 bits per heavy atom. The van der Waals surface area contributed by atoms with Gasteiger partial charge in [0.1, 0.15) is 6.10 Å². The molecule has 1 saturated heterocycles. The molecule has 1 fully saturated rings. The smallest absolute Gasteiger partial charge is 0.336 e. The summed E-state index contributed by atoms with van der Waals surface area (Å²) in [4.78, 5) is 0. The molecule has 6 nitrogen and oxygen atoms in total. The Labute approximate surface area is 104 Å². The van der Waals surface area contributed by atoms with Gasteiger partial charge in [-0.3, -0.25) is 0 Å². The third kappa shape index (κ3) is 1.72.